The zero-order valence-corrected chi connectivity index (χ0v) is 34.8. The highest BCUT2D eigenvalue weighted by Gasteiger charge is 2.31. The molecule has 3 heterocycles. The van der Waals surface area contributed by atoms with Crippen molar-refractivity contribution in [3.63, 3.8) is 0 Å². The normalized spacial score (nSPS) is 12.4. The number of aromatic hydroxyl groups is 10. The number of hydrogen-bond acceptors (Lipinski definition) is 17. The average molecular weight is 896 g/mol. The molecule has 0 amide bonds. The fourth-order valence-electron chi connectivity index (χ4n) is 7.57. The Bertz CT molecular complexity index is 3490. The molecule has 9 aromatic rings. The molecule has 6 aromatic carbocycles. The number of rotatable bonds is 7. The van der Waals surface area contributed by atoms with Gasteiger partial charge in [0.15, 0.2) is 52.0 Å². The van der Waals surface area contributed by atoms with Crippen LogP contribution in [0.2, 0.25) is 0 Å². The third-order valence-corrected chi connectivity index (χ3v) is 13.3. The number of aliphatic hydroxyl groups excluding tert-OH is 2. The molecule has 64 heavy (non-hydrogen) atoms. The van der Waals surface area contributed by atoms with Gasteiger partial charge in [0.05, 0.1) is 20.4 Å². The van der Waals surface area contributed by atoms with Crippen LogP contribution < -0.4 is 0 Å². The smallest absolute Gasteiger partial charge is 0.205 e. The van der Waals surface area contributed by atoms with E-state index in [9.17, 15) is 61.3 Å². The van der Waals surface area contributed by atoms with Crippen molar-refractivity contribution in [2.45, 2.75) is 13.8 Å². The molecule has 0 saturated heterocycles. The van der Waals surface area contributed by atoms with Gasteiger partial charge in [0.25, 0.3) is 0 Å². The Labute approximate surface area is 368 Å². The van der Waals surface area contributed by atoms with Gasteiger partial charge >= 0.3 is 0 Å². The fourth-order valence-corrected chi connectivity index (χ4v) is 10.1. The van der Waals surface area contributed by atoms with Crippen molar-refractivity contribution >= 4 is 58.5 Å². The van der Waals surface area contributed by atoms with E-state index in [4.69, 9.17) is 4.98 Å². The highest BCUT2D eigenvalue weighted by molar-refractivity contribution is 7.26. The van der Waals surface area contributed by atoms with Crippen LogP contribution in [0.1, 0.15) is 23.2 Å². The Balaban J connectivity index is 1.31. The maximum Gasteiger partial charge on any atom is 0.205 e. The Morgan fingerprint density at radius 2 is 1.03 bits per heavy atom. The molecular weight excluding hydrogens is 863 g/mol. The Morgan fingerprint density at radius 3 is 1.66 bits per heavy atom. The summed E-state index contributed by atoms with van der Waals surface area (Å²) in [5, 5.41) is 131. The maximum absolute atomic E-state index is 12.0. The topological polar surface area (TPSA) is 281 Å². The lowest BCUT2D eigenvalue weighted by Crippen LogP contribution is -2.06. The number of aliphatic hydroxyl groups is 2. The molecule has 0 spiro atoms. The van der Waals surface area contributed by atoms with Crippen molar-refractivity contribution < 1.29 is 61.3 Å². The second kappa shape index (κ2) is 15.2. The van der Waals surface area contributed by atoms with Crippen LogP contribution in [0.4, 0.5) is 0 Å². The molecule has 0 saturated carbocycles. The molecule has 320 valence electrons. The van der Waals surface area contributed by atoms with Crippen LogP contribution >= 0.6 is 22.7 Å². The number of hydrogen-bond donors (Lipinski definition) is 12. The van der Waals surface area contributed by atoms with Gasteiger partial charge in [-0.25, -0.2) is 15.0 Å². The molecule has 15 nitrogen and oxygen atoms in total. The van der Waals surface area contributed by atoms with Gasteiger partial charge in [-0.3, -0.25) is 0 Å². The zero-order valence-electron chi connectivity index (χ0n) is 33.2. The lowest BCUT2D eigenvalue weighted by atomic mass is 9.98. The number of nitrogens with zero attached hydrogens (tertiary/aromatic N) is 3. The minimum Gasteiger partial charge on any atom is -0.507 e. The van der Waals surface area contributed by atoms with E-state index in [-0.39, 0.29) is 57.9 Å². The lowest BCUT2D eigenvalue weighted by molar-refractivity contribution is 0.328. The van der Waals surface area contributed by atoms with Gasteiger partial charge in [-0.15, -0.1) is 22.7 Å². The minimum atomic E-state index is -1.06. The van der Waals surface area contributed by atoms with Crippen LogP contribution in [0.25, 0.3) is 80.9 Å². The van der Waals surface area contributed by atoms with E-state index < -0.39 is 80.4 Å². The van der Waals surface area contributed by atoms with Crippen LogP contribution in [0.3, 0.4) is 0 Å². The number of thiophene rings is 2. The first-order valence-corrected chi connectivity index (χ1v) is 20.7. The monoisotopic (exact) mass is 895 g/mol. The zero-order chi connectivity index (χ0) is 45.5. The molecule has 17 heteroatoms. The summed E-state index contributed by atoms with van der Waals surface area (Å²) in [5.74, 6) is -11.0. The highest BCUT2D eigenvalue weighted by atomic mass is 32.1. The second-order valence-corrected chi connectivity index (χ2v) is 16.6. The molecule has 9 rings (SSSR count). The van der Waals surface area contributed by atoms with Gasteiger partial charge in [0.2, 0.25) is 23.0 Å². The number of aromatic nitrogens is 3. The molecule has 0 aliphatic carbocycles. The van der Waals surface area contributed by atoms with Crippen LogP contribution in [0.5, 0.6) is 57.5 Å². The predicted octanol–water partition coefficient (Wildman–Crippen LogP) is 10.3. The van der Waals surface area contributed by atoms with Crippen molar-refractivity contribution in [1.29, 1.82) is 0 Å². The highest BCUT2D eigenvalue weighted by Crippen LogP contribution is 2.58. The quantitative estimate of drug-likeness (QED) is 0.0307. The van der Waals surface area contributed by atoms with Crippen LogP contribution in [-0.4, -0.2) is 76.2 Å². The van der Waals surface area contributed by atoms with Gasteiger partial charge in [-0.05, 0) is 59.9 Å². The molecule has 0 radical (unpaired) electrons. The first kappa shape index (κ1) is 41.0. The Morgan fingerprint density at radius 1 is 0.500 bits per heavy atom. The third kappa shape index (κ3) is 6.28. The Kier molecular flexibility index (Phi) is 9.72. The standard InChI is InChI=1S/C47H33N3O12S2/c1-3-24(51)32(53)31(42-18(2)27-34(55)36(57)38(59)40(61)43(27)64-42)47-49-45(21-14-12-20(13-15-21)23-11-7-10-22(16-23)19-8-5-4-6-9-19)48-46(50-47)28-25(52)17-26-29(33(28)54)30-35(56)37(58)39(60)41(62)44(30)63-26/h3-17,51-62H,1-2H3/b24-3-,32-31-. The van der Waals surface area contributed by atoms with Crippen LogP contribution in [-0.2, 0) is 0 Å². The third-order valence-electron chi connectivity index (χ3n) is 10.8. The summed E-state index contributed by atoms with van der Waals surface area (Å²) in [6, 6.07) is 26.0. The van der Waals surface area contributed by atoms with Gasteiger partial charge < -0.3 is 61.3 Å². The molecule has 0 aliphatic rings. The molecule has 3 aromatic heterocycles. The SMILES string of the molecule is C/C=C(O)/C(O)=C(/c1nc(-c2ccc(-c3cccc(-c4ccccc4)c3)cc2)nc(-c2c(O)cc3sc4c(O)c(O)c(O)c(O)c4c3c2O)n1)c1sc2c(O)c(O)c(O)c(O)c2c1C. The number of allylic oxidation sites excluding steroid dienone is 1. The fraction of sp³-hybridized carbons (Fsp3) is 0.0426. The van der Waals surface area contributed by atoms with E-state index in [1.807, 2.05) is 66.7 Å². The number of phenolic OH excluding ortho intramolecular Hbond substituents is 10. The number of phenols is 10. The van der Waals surface area contributed by atoms with Crippen molar-refractivity contribution in [3.8, 4) is 103 Å². The molecular formula is C47H33N3O12S2. The van der Waals surface area contributed by atoms with Crippen molar-refractivity contribution in [2.24, 2.45) is 0 Å². The first-order valence-electron chi connectivity index (χ1n) is 19.1. The minimum absolute atomic E-state index is 0.0247. The van der Waals surface area contributed by atoms with E-state index in [0.29, 0.717) is 5.56 Å². The summed E-state index contributed by atoms with van der Waals surface area (Å²) in [7, 11) is 0. The van der Waals surface area contributed by atoms with E-state index in [1.54, 1.807) is 12.1 Å². The summed E-state index contributed by atoms with van der Waals surface area (Å²) in [6.07, 6.45) is 1.17. The van der Waals surface area contributed by atoms with Crippen LogP contribution in [0, 0.1) is 6.92 Å². The molecule has 0 atom stereocenters. The summed E-state index contributed by atoms with van der Waals surface area (Å²) in [6.45, 7) is 2.90. The van der Waals surface area contributed by atoms with E-state index in [2.05, 4.69) is 9.97 Å². The predicted molar refractivity (Wildman–Crippen MR) is 243 cm³/mol. The summed E-state index contributed by atoms with van der Waals surface area (Å²) in [5.41, 5.74) is 3.48. The second-order valence-electron chi connectivity index (χ2n) is 14.6. The molecule has 0 unspecified atom stereocenters. The largest absolute Gasteiger partial charge is 0.507 e. The summed E-state index contributed by atoms with van der Waals surface area (Å²) >= 11 is 1.51. The maximum atomic E-state index is 12.0. The van der Waals surface area contributed by atoms with Gasteiger partial charge in [0, 0.05) is 25.9 Å². The molecule has 0 fully saturated rings. The van der Waals surface area contributed by atoms with Crippen molar-refractivity contribution in [1.82, 2.24) is 15.0 Å². The van der Waals surface area contributed by atoms with E-state index in [0.717, 1.165) is 44.9 Å². The number of fused-ring (bicyclic) bond motifs is 4. The molecule has 12 N–H and O–H groups in total. The van der Waals surface area contributed by atoms with Gasteiger partial charge in [-0.1, -0.05) is 72.8 Å². The Hall–Kier alpha value is -8.41. The first-order chi connectivity index (χ1) is 30.6. The summed E-state index contributed by atoms with van der Waals surface area (Å²) in [4.78, 5) is 14.0. The number of aryl methyl sites for hydroxylation is 1. The number of benzene rings is 6. The van der Waals surface area contributed by atoms with Crippen molar-refractivity contribution in [3.05, 3.63) is 119 Å². The van der Waals surface area contributed by atoms with Gasteiger partial charge in [-0.2, -0.15) is 0 Å². The van der Waals surface area contributed by atoms with Crippen molar-refractivity contribution in [2.75, 3.05) is 0 Å². The molecule has 0 bridgehead atoms. The van der Waals surface area contributed by atoms with Gasteiger partial charge in [0.1, 0.15) is 17.1 Å². The average Bonchev–Trinajstić information content (AvgIpc) is 3.87. The van der Waals surface area contributed by atoms with E-state index >= 15 is 0 Å². The lowest BCUT2D eigenvalue weighted by Gasteiger charge is -2.14. The van der Waals surface area contributed by atoms with Crippen LogP contribution in [0.15, 0.2) is 103 Å². The van der Waals surface area contributed by atoms with E-state index in [1.165, 1.54) is 26.0 Å². The summed E-state index contributed by atoms with van der Waals surface area (Å²) < 4.78 is -0.148. The molecule has 0 aliphatic heterocycles.